The summed E-state index contributed by atoms with van der Waals surface area (Å²) in [6.45, 7) is 9.78. The molecule has 1 unspecified atom stereocenters. The molecule has 0 aromatic carbocycles. The quantitative estimate of drug-likeness (QED) is 0.330. The van der Waals surface area contributed by atoms with E-state index >= 15 is 0 Å². The van der Waals surface area contributed by atoms with Crippen LogP contribution in [-0.4, -0.2) is 82.9 Å². The molecular weight excluding hydrogens is 446 g/mol. The molecule has 2 saturated heterocycles. The molecule has 2 fully saturated rings. The Morgan fingerprint density at radius 1 is 1.15 bits per heavy atom. The molecule has 4 heterocycles. The van der Waals surface area contributed by atoms with E-state index in [2.05, 4.69) is 24.6 Å². The number of aromatic nitrogens is 4. The summed E-state index contributed by atoms with van der Waals surface area (Å²) in [6.07, 6.45) is 2.15. The molecule has 0 amide bonds. The molecule has 11 heteroatoms. The zero-order valence-electron chi connectivity index (χ0n) is 19.4. The molecule has 2 aromatic rings. The minimum Gasteiger partial charge on any atom is -0.462 e. The van der Waals surface area contributed by atoms with Gasteiger partial charge in [0.25, 0.3) is 0 Å². The minimum absolute atomic E-state index is 0.112. The summed E-state index contributed by atoms with van der Waals surface area (Å²) in [5.74, 6) is 0.287. The fourth-order valence-corrected chi connectivity index (χ4v) is 5.14. The van der Waals surface area contributed by atoms with E-state index in [1.54, 1.807) is 20.8 Å². The number of H-pyrrole nitrogens is 1. The van der Waals surface area contributed by atoms with Crippen LogP contribution in [0, 0.1) is 13.8 Å². The van der Waals surface area contributed by atoms with Crippen LogP contribution in [0.15, 0.2) is 5.16 Å². The molecule has 33 heavy (non-hydrogen) atoms. The number of rotatable bonds is 9. The fourth-order valence-electron chi connectivity index (χ4n) is 4.33. The number of aromatic amines is 1. The summed E-state index contributed by atoms with van der Waals surface area (Å²) in [6, 6.07) is 0. The van der Waals surface area contributed by atoms with Crippen molar-refractivity contribution < 1.29 is 23.8 Å². The van der Waals surface area contributed by atoms with Crippen molar-refractivity contribution in [3.63, 3.8) is 0 Å². The molecule has 1 atom stereocenters. The summed E-state index contributed by atoms with van der Waals surface area (Å²) in [7, 11) is 0. The van der Waals surface area contributed by atoms with Crippen molar-refractivity contribution in [1.82, 2.24) is 19.7 Å². The monoisotopic (exact) mass is 477 g/mol. The second kappa shape index (κ2) is 10.7. The highest BCUT2D eigenvalue weighted by Gasteiger charge is 2.28. The van der Waals surface area contributed by atoms with Gasteiger partial charge in [0.1, 0.15) is 0 Å². The number of ketones is 1. The number of aryl methyl sites for hydroxylation is 2. The number of anilines is 1. The largest absolute Gasteiger partial charge is 0.462 e. The molecule has 1 N–H and O–H groups in total. The van der Waals surface area contributed by atoms with Crippen molar-refractivity contribution in [1.29, 1.82) is 0 Å². The van der Waals surface area contributed by atoms with Gasteiger partial charge in [-0.15, -0.1) is 10.2 Å². The fraction of sp³-hybridized carbons (Fsp3) is 0.636. The normalized spacial score (nSPS) is 18.6. The molecule has 0 aliphatic carbocycles. The van der Waals surface area contributed by atoms with Crippen molar-refractivity contribution in [3.05, 3.63) is 22.5 Å². The number of Topliss-reactive ketones (excluding diaryl/α,β-unsaturated/α-hetero) is 1. The highest BCUT2D eigenvalue weighted by molar-refractivity contribution is 7.99. The van der Waals surface area contributed by atoms with E-state index in [1.807, 2.05) is 0 Å². The minimum atomic E-state index is -0.483. The lowest BCUT2D eigenvalue weighted by Gasteiger charge is -2.28. The van der Waals surface area contributed by atoms with Gasteiger partial charge in [0.05, 0.1) is 49.3 Å². The summed E-state index contributed by atoms with van der Waals surface area (Å²) in [5, 5.41) is 9.51. The van der Waals surface area contributed by atoms with Gasteiger partial charge in [0.2, 0.25) is 5.95 Å². The molecule has 10 nitrogen and oxygen atoms in total. The number of hydrogen-bond donors (Lipinski definition) is 1. The Morgan fingerprint density at radius 2 is 1.91 bits per heavy atom. The first-order valence-corrected chi connectivity index (χ1v) is 12.4. The first kappa shape index (κ1) is 23.8. The lowest BCUT2D eigenvalue weighted by atomic mass is 10.1. The van der Waals surface area contributed by atoms with Crippen LogP contribution in [-0.2, 0) is 20.8 Å². The van der Waals surface area contributed by atoms with Crippen LogP contribution in [0.5, 0.6) is 0 Å². The van der Waals surface area contributed by atoms with Gasteiger partial charge in [0, 0.05) is 31.1 Å². The Morgan fingerprint density at radius 3 is 2.61 bits per heavy atom. The molecule has 0 radical (unpaired) electrons. The average molecular weight is 478 g/mol. The topological polar surface area (TPSA) is 112 Å². The number of ether oxygens (including phenoxy) is 3. The van der Waals surface area contributed by atoms with E-state index in [0.717, 1.165) is 38.5 Å². The number of hydrogen-bond acceptors (Lipinski definition) is 9. The Kier molecular flexibility index (Phi) is 7.71. The summed E-state index contributed by atoms with van der Waals surface area (Å²) >= 11 is 1.33. The summed E-state index contributed by atoms with van der Waals surface area (Å²) in [5.41, 5.74) is 2.00. The van der Waals surface area contributed by atoms with Crippen LogP contribution in [0.4, 0.5) is 5.95 Å². The lowest BCUT2D eigenvalue weighted by Crippen LogP contribution is -2.38. The van der Waals surface area contributed by atoms with Gasteiger partial charge in [-0.05, 0) is 33.6 Å². The van der Waals surface area contributed by atoms with E-state index in [-0.39, 0.29) is 24.2 Å². The van der Waals surface area contributed by atoms with Crippen molar-refractivity contribution in [2.75, 3.05) is 50.2 Å². The third-order valence-corrected chi connectivity index (χ3v) is 6.83. The zero-order chi connectivity index (χ0) is 23.4. The van der Waals surface area contributed by atoms with Crippen LogP contribution in [0.1, 0.15) is 51.9 Å². The predicted octanol–water partition coefficient (Wildman–Crippen LogP) is 2.39. The Labute approximate surface area is 197 Å². The maximum Gasteiger partial charge on any atom is 0.340 e. The number of thioether (sulfide) groups is 1. The van der Waals surface area contributed by atoms with Crippen LogP contribution in [0.3, 0.4) is 0 Å². The summed E-state index contributed by atoms with van der Waals surface area (Å²) in [4.78, 5) is 30.9. The highest BCUT2D eigenvalue weighted by Crippen LogP contribution is 2.28. The van der Waals surface area contributed by atoms with Crippen molar-refractivity contribution in [3.8, 4) is 0 Å². The van der Waals surface area contributed by atoms with Gasteiger partial charge in [0.15, 0.2) is 10.9 Å². The van der Waals surface area contributed by atoms with Gasteiger partial charge in [-0.3, -0.25) is 9.36 Å². The number of carbonyl (C=O) groups excluding carboxylic acids is 2. The molecule has 4 rings (SSSR count). The standard InChI is InChI=1S/C22H31N5O5S/c1-4-31-20(29)19-15(3)23-14(2)18(19)17(28)13-33-22-25-24-21(26-7-10-30-11-8-26)27(22)12-16-6-5-9-32-16/h16,23H,4-13H2,1-3H3. The second-order valence-electron chi connectivity index (χ2n) is 8.18. The summed E-state index contributed by atoms with van der Waals surface area (Å²) < 4.78 is 18.5. The van der Waals surface area contributed by atoms with Crippen LogP contribution in [0.25, 0.3) is 0 Å². The van der Waals surface area contributed by atoms with Gasteiger partial charge in [-0.25, -0.2) is 4.79 Å². The first-order chi connectivity index (χ1) is 16.0. The van der Waals surface area contributed by atoms with Crippen molar-refractivity contribution >= 4 is 29.5 Å². The van der Waals surface area contributed by atoms with Crippen molar-refractivity contribution in [2.45, 2.75) is 51.4 Å². The SMILES string of the molecule is CCOC(=O)c1c(C)[nH]c(C)c1C(=O)CSc1nnc(N2CCOCC2)n1CC1CCCO1. The van der Waals surface area contributed by atoms with E-state index in [0.29, 0.717) is 47.4 Å². The molecule has 2 aliphatic heterocycles. The smallest absolute Gasteiger partial charge is 0.340 e. The van der Waals surface area contributed by atoms with Gasteiger partial charge in [-0.2, -0.15) is 0 Å². The third-order valence-electron chi connectivity index (χ3n) is 5.87. The molecular formula is C22H31N5O5S. The number of carbonyl (C=O) groups is 2. The number of nitrogens with one attached hydrogen (secondary N) is 1. The second-order valence-corrected chi connectivity index (χ2v) is 9.13. The van der Waals surface area contributed by atoms with E-state index in [9.17, 15) is 9.59 Å². The average Bonchev–Trinajstić information content (AvgIpc) is 3.52. The molecule has 0 saturated carbocycles. The Bertz CT molecular complexity index is 992. The van der Waals surface area contributed by atoms with Crippen LogP contribution >= 0.6 is 11.8 Å². The molecule has 0 spiro atoms. The molecule has 2 aliphatic rings. The Hall–Kier alpha value is -2.37. The maximum atomic E-state index is 13.2. The van der Waals surface area contributed by atoms with E-state index in [4.69, 9.17) is 14.2 Å². The predicted molar refractivity (Wildman–Crippen MR) is 123 cm³/mol. The highest BCUT2D eigenvalue weighted by atomic mass is 32.2. The number of morpholine rings is 1. The van der Waals surface area contributed by atoms with E-state index in [1.165, 1.54) is 11.8 Å². The van der Waals surface area contributed by atoms with Crippen LogP contribution in [0.2, 0.25) is 0 Å². The molecule has 180 valence electrons. The first-order valence-electron chi connectivity index (χ1n) is 11.4. The Balaban J connectivity index is 1.54. The number of nitrogens with zero attached hydrogens (tertiary/aromatic N) is 4. The number of esters is 1. The molecule has 2 aromatic heterocycles. The molecule has 0 bridgehead atoms. The van der Waals surface area contributed by atoms with Crippen molar-refractivity contribution in [2.24, 2.45) is 0 Å². The lowest BCUT2D eigenvalue weighted by molar-refractivity contribution is 0.0522. The van der Waals surface area contributed by atoms with Gasteiger partial charge in [-0.1, -0.05) is 11.8 Å². The van der Waals surface area contributed by atoms with Crippen LogP contribution < -0.4 is 4.90 Å². The van der Waals surface area contributed by atoms with Gasteiger partial charge >= 0.3 is 5.97 Å². The third kappa shape index (κ3) is 5.25. The zero-order valence-corrected chi connectivity index (χ0v) is 20.2. The van der Waals surface area contributed by atoms with E-state index < -0.39 is 5.97 Å². The van der Waals surface area contributed by atoms with Gasteiger partial charge < -0.3 is 24.1 Å². The maximum absolute atomic E-state index is 13.2.